The average molecular weight is 290 g/mol. The number of hydrogen-bond donors (Lipinski definition) is 1. The Labute approximate surface area is 129 Å². The lowest BCUT2D eigenvalue weighted by Gasteiger charge is -2.30. The van der Waals surface area contributed by atoms with Crippen LogP contribution in [0.4, 0.5) is 0 Å². The van der Waals surface area contributed by atoms with Gasteiger partial charge in [-0.3, -0.25) is 0 Å². The lowest BCUT2D eigenvalue weighted by atomic mass is 10.1. The van der Waals surface area contributed by atoms with E-state index in [4.69, 9.17) is 4.74 Å². The van der Waals surface area contributed by atoms with Gasteiger partial charge in [0.25, 0.3) is 0 Å². The Morgan fingerprint density at radius 2 is 2.10 bits per heavy atom. The van der Waals surface area contributed by atoms with Gasteiger partial charge in [-0.2, -0.15) is 0 Å². The predicted octanol–water partition coefficient (Wildman–Crippen LogP) is 3.23. The highest BCUT2D eigenvalue weighted by Crippen LogP contribution is 2.17. The molecule has 2 atom stereocenters. The van der Waals surface area contributed by atoms with Crippen molar-refractivity contribution >= 4 is 0 Å². The molecule has 0 saturated carbocycles. The van der Waals surface area contributed by atoms with Crippen LogP contribution in [-0.2, 0) is 4.74 Å². The van der Waals surface area contributed by atoms with Crippen molar-refractivity contribution in [1.29, 1.82) is 0 Å². The molecule has 1 aliphatic heterocycles. The Hall–Kier alpha value is -0.900. The minimum Gasteiger partial charge on any atom is -0.377 e. The molecule has 0 aliphatic carbocycles. The zero-order valence-corrected chi connectivity index (χ0v) is 13.6. The van der Waals surface area contributed by atoms with Crippen molar-refractivity contribution < 1.29 is 4.74 Å². The normalized spacial score (nSPS) is 20.6. The van der Waals surface area contributed by atoms with E-state index < -0.39 is 0 Å². The summed E-state index contributed by atoms with van der Waals surface area (Å²) < 4.78 is 5.85. The van der Waals surface area contributed by atoms with E-state index in [0.29, 0.717) is 12.1 Å². The molecule has 0 bridgehead atoms. The largest absolute Gasteiger partial charge is 0.377 e. The van der Waals surface area contributed by atoms with Crippen molar-refractivity contribution in [3.05, 3.63) is 35.9 Å². The smallest absolute Gasteiger partial charge is 0.0701 e. The first-order chi connectivity index (χ1) is 10.3. The molecule has 1 aromatic carbocycles. The van der Waals surface area contributed by atoms with Crippen molar-refractivity contribution in [2.45, 2.75) is 44.8 Å². The second-order valence-electron chi connectivity index (χ2n) is 6.13. The molecule has 0 radical (unpaired) electrons. The molecule has 1 aromatic rings. The van der Waals surface area contributed by atoms with Gasteiger partial charge in [-0.05, 0) is 44.8 Å². The Bertz CT molecular complexity index is 376. The van der Waals surface area contributed by atoms with Gasteiger partial charge in [0.05, 0.1) is 6.10 Å². The number of likely N-dealkylation sites (N-methyl/N-ethyl adjacent to an activating group) is 1. The summed E-state index contributed by atoms with van der Waals surface area (Å²) >= 11 is 0. The summed E-state index contributed by atoms with van der Waals surface area (Å²) in [7, 11) is 2.21. The molecule has 1 fully saturated rings. The van der Waals surface area contributed by atoms with Crippen LogP contribution in [0.15, 0.2) is 30.3 Å². The van der Waals surface area contributed by atoms with Crippen LogP contribution in [0.25, 0.3) is 0 Å². The van der Waals surface area contributed by atoms with Gasteiger partial charge >= 0.3 is 0 Å². The molecule has 0 aromatic heterocycles. The van der Waals surface area contributed by atoms with Crippen LogP contribution in [0.3, 0.4) is 0 Å². The molecule has 1 saturated heterocycles. The van der Waals surface area contributed by atoms with Gasteiger partial charge in [0, 0.05) is 25.7 Å². The lowest BCUT2D eigenvalue weighted by molar-refractivity contribution is -0.00263. The first-order valence-corrected chi connectivity index (χ1v) is 8.38. The zero-order chi connectivity index (χ0) is 14.9. The summed E-state index contributed by atoms with van der Waals surface area (Å²) in [5, 5.41) is 3.67. The van der Waals surface area contributed by atoms with E-state index in [0.717, 1.165) is 26.2 Å². The number of nitrogens with one attached hydrogen (secondary N) is 1. The average Bonchev–Trinajstić information content (AvgIpc) is 2.53. The predicted molar refractivity (Wildman–Crippen MR) is 88.6 cm³/mol. The van der Waals surface area contributed by atoms with Crippen molar-refractivity contribution in [2.75, 3.05) is 33.3 Å². The third-order valence-corrected chi connectivity index (χ3v) is 4.13. The molecule has 2 unspecified atom stereocenters. The van der Waals surface area contributed by atoms with Crippen LogP contribution in [0.5, 0.6) is 0 Å². The number of hydrogen-bond acceptors (Lipinski definition) is 3. The van der Waals surface area contributed by atoms with Crippen LogP contribution in [0, 0.1) is 0 Å². The fourth-order valence-corrected chi connectivity index (χ4v) is 2.98. The Morgan fingerprint density at radius 3 is 2.76 bits per heavy atom. The highest BCUT2D eigenvalue weighted by Gasteiger charge is 2.18. The maximum absolute atomic E-state index is 5.85. The van der Waals surface area contributed by atoms with Crippen LogP contribution in [0.1, 0.15) is 44.2 Å². The first kappa shape index (κ1) is 16.5. The van der Waals surface area contributed by atoms with Crippen LogP contribution >= 0.6 is 0 Å². The summed E-state index contributed by atoms with van der Waals surface area (Å²) in [5.41, 5.74) is 1.38. The molecule has 0 amide bonds. The highest BCUT2D eigenvalue weighted by atomic mass is 16.5. The molecule has 0 spiro atoms. The molecule has 1 N–H and O–H groups in total. The Morgan fingerprint density at radius 1 is 1.29 bits per heavy atom. The molecular formula is C18H30N2O. The second-order valence-corrected chi connectivity index (χ2v) is 6.13. The van der Waals surface area contributed by atoms with E-state index in [2.05, 4.69) is 54.5 Å². The van der Waals surface area contributed by atoms with Crippen LogP contribution in [-0.4, -0.2) is 44.3 Å². The van der Waals surface area contributed by atoms with E-state index in [1.54, 1.807) is 0 Å². The maximum Gasteiger partial charge on any atom is 0.0701 e. The SMILES string of the molecule is CCCNC(CN(C)CC1CCCCO1)c1ccccc1. The Balaban J connectivity index is 1.87. The third kappa shape index (κ3) is 5.77. The number of nitrogens with zero attached hydrogens (tertiary/aromatic N) is 1. The summed E-state index contributed by atoms with van der Waals surface area (Å²) in [6, 6.07) is 11.2. The zero-order valence-electron chi connectivity index (χ0n) is 13.6. The van der Waals surface area contributed by atoms with Crippen molar-refractivity contribution in [3.8, 4) is 0 Å². The maximum atomic E-state index is 5.85. The molecular weight excluding hydrogens is 260 g/mol. The van der Waals surface area contributed by atoms with Crippen molar-refractivity contribution in [2.24, 2.45) is 0 Å². The summed E-state index contributed by atoms with van der Waals surface area (Å²) in [6.07, 6.45) is 5.34. The number of rotatable bonds is 8. The van der Waals surface area contributed by atoms with Crippen LogP contribution < -0.4 is 5.32 Å². The Kier molecular flexibility index (Phi) is 7.20. The molecule has 118 valence electrons. The van der Waals surface area contributed by atoms with Gasteiger partial charge in [-0.15, -0.1) is 0 Å². The van der Waals surface area contributed by atoms with E-state index in [-0.39, 0.29) is 0 Å². The van der Waals surface area contributed by atoms with Gasteiger partial charge < -0.3 is 15.0 Å². The lowest BCUT2D eigenvalue weighted by Crippen LogP contribution is -2.39. The molecule has 21 heavy (non-hydrogen) atoms. The summed E-state index contributed by atoms with van der Waals surface area (Å²) in [4.78, 5) is 2.41. The molecule has 3 nitrogen and oxygen atoms in total. The topological polar surface area (TPSA) is 24.5 Å². The van der Waals surface area contributed by atoms with Gasteiger partial charge in [-0.25, -0.2) is 0 Å². The fraction of sp³-hybridized carbons (Fsp3) is 0.667. The number of benzene rings is 1. The number of ether oxygens (including phenoxy) is 1. The molecule has 2 rings (SSSR count). The quantitative estimate of drug-likeness (QED) is 0.795. The molecule has 3 heteroatoms. The van der Waals surface area contributed by atoms with Gasteiger partial charge in [0.1, 0.15) is 0 Å². The minimum atomic E-state index is 0.403. The van der Waals surface area contributed by atoms with Gasteiger partial charge in [0.2, 0.25) is 0 Å². The van der Waals surface area contributed by atoms with E-state index in [1.165, 1.54) is 31.2 Å². The van der Waals surface area contributed by atoms with Crippen molar-refractivity contribution in [3.63, 3.8) is 0 Å². The van der Waals surface area contributed by atoms with Crippen LogP contribution in [0.2, 0.25) is 0 Å². The monoisotopic (exact) mass is 290 g/mol. The summed E-state index contributed by atoms with van der Waals surface area (Å²) in [6.45, 7) is 6.29. The first-order valence-electron chi connectivity index (χ1n) is 8.38. The molecule has 1 aliphatic rings. The van der Waals surface area contributed by atoms with Crippen molar-refractivity contribution in [1.82, 2.24) is 10.2 Å². The van der Waals surface area contributed by atoms with Gasteiger partial charge in [0.15, 0.2) is 0 Å². The van der Waals surface area contributed by atoms with Gasteiger partial charge in [-0.1, -0.05) is 37.3 Å². The standard InChI is InChI=1S/C18H30N2O/c1-3-12-19-18(16-9-5-4-6-10-16)15-20(2)14-17-11-7-8-13-21-17/h4-6,9-10,17-19H,3,7-8,11-15H2,1-2H3. The van der Waals surface area contributed by atoms with E-state index in [1.807, 2.05) is 0 Å². The summed E-state index contributed by atoms with van der Waals surface area (Å²) in [5.74, 6) is 0. The van der Waals surface area contributed by atoms with E-state index in [9.17, 15) is 0 Å². The highest BCUT2D eigenvalue weighted by molar-refractivity contribution is 5.19. The third-order valence-electron chi connectivity index (χ3n) is 4.13. The fourth-order valence-electron chi connectivity index (χ4n) is 2.98. The molecule has 1 heterocycles. The van der Waals surface area contributed by atoms with E-state index >= 15 is 0 Å². The minimum absolute atomic E-state index is 0.403. The second kappa shape index (κ2) is 9.19.